The molecular formula is C16H25NO6S. The number of ether oxygens (including phenoxy) is 2. The molecule has 0 spiro atoms. The highest BCUT2D eigenvalue weighted by atomic mass is 32.2. The third-order valence-electron chi connectivity index (χ3n) is 3.09. The van der Waals surface area contributed by atoms with Crippen LogP contribution in [0.15, 0.2) is 24.3 Å². The number of carbonyl (C=O) groups is 1. The number of amides is 1. The highest BCUT2D eigenvalue weighted by molar-refractivity contribution is 7.85. The van der Waals surface area contributed by atoms with Gasteiger partial charge in [0.1, 0.15) is 19.0 Å². The number of nitrogens with one attached hydrogen (secondary N) is 1. The van der Waals surface area contributed by atoms with Gasteiger partial charge < -0.3 is 14.8 Å². The molecule has 1 rings (SSSR count). The van der Waals surface area contributed by atoms with Gasteiger partial charge in [0.05, 0.1) is 25.4 Å². The Morgan fingerprint density at radius 2 is 1.83 bits per heavy atom. The van der Waals surface area contributed by atoms with Crippen LogP contribution in [0.5, 0.6) is 5.75 Å². The van der Waals surface area contributed by atoms with E-state index in [4.69, 9.17) is 9.47 Å². The molecule has 0 bridgehead atoms. The van der Waals surface area contributed by atoms with E-state index in [9.17, 15) is 13.2 Å². The van der Waals surface area contributed by atoms with Crippen molar-refractivity contribution in [3.05, 3.63) is 24.3 Å². The van der Waals surface area contributed by atoms with E-state index in [2.05, 4.69) is 9.50 Å². The van der Waals surface area contributed by atoms with Gasteiger partial charge in [-0.25, -0.2) is 0 Å². The van der Waals surface area contributed by atoms with Gasteiger partial charge in [0.15, 0.2) is 0 Å². The molecule has 1 amide bonds. The second-order valence-corrected chi connectivity index (χ2v) is 6.93. The topological polar surface area (TPSA) is 90.9 Å². The van der Waals surface area contributed by atoms with E-state index in [-0.39, 0.29) is 25.2 Å². The molecule has 1 aromatic carbocycles. The molecule has 1 unspecified atom stereocenters. The summed E-state index contributed by atoms with van der Waals surface area (Å²) < 4.78 is 37.0. The first kappa shape index (κ1) is 20.4. The summed E-state index contributed by atoms with van der Waals surface area (Å²) in [6.07, 6.45) is 2.35. The summed E-state index contributed by atoms with van der Waals surface area (Å²) >= 11 is 0. The van der Waals surface area contributed by atoms with Crippen molar-refractivity contribution in [3.8, 4) is 5.75 Å². The molecule has 0 aliphatic rings. The molecule has 0 saturated heterocycles. The molecule has 24 heavy (non-hydrogen) atoms. The van der Waals surface area contributed by atoms with E-state index in [0.29, 0.717) is 24.5 Å². The van der Waals surface area contributed by atoms with Crippen molar-refractivity contribution < 1.29 is 26.9 Å². The van der Waals surface area contributed by atoms with Crippen LogP contribution in [0.3, 0.4) is 0 Å². The van der Waals surface area contributed by atoms with E-state index in [1.807, 2.05) is 13.8 Å². The molecule has 0 aromatic heterocycles. The van der Waals surface area contributed by atoms with Crippen molar-refractivity contribution in [1.82, 2.24) is 0 Å². The zero-order valence-corrected chi connectivity index (χ0v) is 15.1. The molecule has 7 nitrogen and oxygen atoms in total. The van der Waals surface area contributed by atoms with Crippen molar-refractivity contribution in [2.45, 2.75) is 32.8 Å². The first-order chi connectivity index (χ1) is 11.3. The van der Waals surface area contributed by atoms with Crippen molar-refractivity contribution >= 4 is 21.7 Å². The summed E-state index contributed by atoms with van der Waals surface area (Å²) in [5.41, 5.74) is 0.656. The molecule has 136 valence electrons. The largest absolute Gasteiger partial charge is 0.491 e. The van der Waals surface area contributed by atoms with Gasteiger partial charge in [-0.2, -0.15) is 8.42 Å². The van der Waals surface area contributed by atoms with Crippen LogP contribution in [0.1, 0.15) is 26.7 Å². The lowest BCUT2D eigenvalue weighted by Crippen LogP contribution is -2.16. The van der Waals surface area contributed by atoms with Crippen LogP contribution in [-0.2, 0) is 23.8 Å². The summed E-state index contributed by atoms with van der Waals surface area (Å²) in [6, 6.07) is 6.79. The van der Waals surface area contributed by atoms with Gasteiger partial charge >= 0.3 is 0 Å². The van der Waals surface area contributed by atoms with Crippen LogP contribution in [0.4, 0.5) is 5.69 Å². The average Bonchev–Trinajstić information content (AvgIpc) is 2.52. The Labute approximate surface area is 143 Å². The molecule has 0 radical (unpaired) electrons. The van der Waals surface area contributed by atoms with E-state index in [1.165, 1.54) is 0 Å². The van der Waals surface area contributed by atoms with Crippen LogP contribution in [0, 0.1) is 0 Å². The molecule has 0 aliphatic carbocycles. The zero-order chi connectivity index (χ0) is 18.0. The van der Waals surface area contributed by atoms with Crippen LogP contribution < -0.4 is 10.1 Å². The Kier molecular flexibility index (Phi) is 8.73. The molecule has 0 aliphatic heterocycles. The normalized spacial score (nSPS) is 12.6. The molecule has 8 heteroatoms. The molecule has 0 saturated carbocycles. The Balaban J connectivity index is 2.30. The number of benzene rings is 1. The number of anilines is 1. The molecule has 0 heterocycles. The predicted octanol–water partition coefficient (Wildman–Crippen LogP) is 2.19. The van der Waals surface area contributed by atoms with E-state index in [0.717, 1.165) is 12.7 Å². The SMILES string of the molecule is CCC(C)OCCC(=O)Nc1ccc(OCCOS(C)(=O)=O)cc1. The fraction of sp³-hybridized carbons (Fsp3) is 0.562. The Morgan fingerprint density at radius 3 is 2.42 bits per heavy atom. The van der Waals surface area contributed by atoms with Gasteiger partial charge in [-0.1, -0.05) is 6.92 Å². The Morgan fingerprint density at radius 1 is 1.17 bits per heavy atom. The monoisotopic (exact) mass is 359 g/mol. The minimum atomic E-state index is -3.45. The van der Waals surface area contributed by atoms with Gasteiger partial charge in [0.25, 0.3) is 10.1 Å². The number of hydrogen-bond donors (Lipinski definition) is 1. The summed E-state index contributed by atoms with van der Waals surface area (Å²) in [5, 5.41) is 2.77. The van der Waals surface area contributed by atoms with Crippen molar-refractivity contribution in [1.29, 1.82) is 0 Å². The molecule has 1 aromatic rings. The Hall–Kier alpha value is -1.64. The second kappa shape index (κ2) is 10.3. The molecule has 1 N–H and O–H groups in total. The maximum Gasteiger partial charge on any atom is 0.264 e. The Bertz CT molecular complexity index is 599. The third kappa shape index (κ3) is 9.49. The standard InChI is InChI=1S/C16H25NO6S/c1-4-13(2)21-10-9-16(18)17-14-5-7-15(8-6-14)22-11-12-23-24(3,19)20/h5-8,13H,4,9-12H2,1-3H3,(H,17,18). The fourth-order valence-corrected chi connectivity index (χ4v) is 2.04. The minimum absolute atomic E-state index is 0.0481. The fourth-order valence-electron chi connectivity index (χ4n) is 1.67. The quantitative estimate of drug-likeness (QED) is 0.481. The van der Waals surface area contributed by atoms with Crippen LogP contribution >= 0.6 is 0 Å². The first-order valence-corrected chi connectivity index (χ1v) is 9.60. The second-order valence-electron chi connectivity index (χ2n) is 5.29. The average molecular weight is 359 g/mol. The maximum absolute atomic E-state index is 11.8. The highest BCUT2D eigenvalue weighted by Crippen LogP contribution is 2.16. The summed E-state index contributed by atoms with van der Waals surface area (Å²) in [7, 11) is -3.45. The minimum Gasteiger partial charge on any atom is -0.491 e. The summed E-state index contributed by atoms with van der Waals surface area (Å²) in [6.45, 7) is 4.46. The zero-order valence-electron chi connectivity index (χ0n) is 14.3. The molecular weight excluding hydrogens is 334 g/mol. The molecule has 1 atom stereocenters. The lowest BCUT2D eigenvalue weighted by molar-refractivity contribution is -0.117. The lowest BCUT2D eigenvalue weighted by Gasteiger charge is -2.11. The predicted molar refractivity (Wildman–Crippen MR) is 91.7 cm³/mol. The van der Waals surface area contributed by atoms with Gasteiger partial charge in [0.2, 0.25) is 5.91 Å². The van der Waals surface area contributed by atoms with Crippen LogP contribution in [0.25, 0.3) is 0 Å². The summed E-state index contributed by atoms with van der Waals surface area (Å²) in [5.74, 6) is 0.443. The van der Waals surface area contributed by atoms with E-state index in [1.54, 1.807) is 24.3 Å². The number of hydrogen-bond acceptors (Lipinski definition) is 6. The van der Waals surface area contributed by atoms with Crippen molar-refractivity contribution in [2.24, 2.45) is 0 Å². The van der Waals surface area contributed by atoms with Crippen molar-refractivity contribution in [3.63, 3.8) is 0 Å². The number of carbonyl (C=O) groups excluding carboxylic acids is 1. The first-order valence-electron chi connectivity index (χ1n) is 7.79. The number of rotatable bonds is 11. The summed E-state index contributed by atoms with van der Waals surface area (Å²) in [4.78, 5) is 11.8. The van der Waals surface area contributed by atoms with Crippen LogP contribution in [0.2, 0.25) is 0 Å². The van der Waals surface area contributed by atoms with Crippen LogP contribution in [-0.4, -0.2) is 46.5 Å². The van der Waals surface area contributed by atoms with Gasteiger partial charge in [-0.05, 0) is 37.6 Å². The molecule has 0 fully saturated rings. The lowest BCUT2D eigenvalue weighted by atomic mass is 10.3. The smallest absolute Gasteiger partial charge is 0.264 e. The highest BCUT2D eigenvalue weighted by Gasteiger charge is 2.05. The van der Waals surface area contributed by atoms with E-state index >= 15 is 0 Å². The maximum atomic E-state index is 11.8. The van der Waals surface area contributed by atoms with E-state index < -0.39 is 10.1 Å². The van der Waals surface area contributed by atoms with Gasteiger partial charge in [-0.3, -0.25) is 8.98 Å². The van der Waals surface area contributed by atoms with Gasteiger partial charge in [-0.15, -0.1) is 0 Å². The van der Waals surface area contributed by atoms with Crippen molar-refractivity contribution in [2.75, 3.05) is 31.4 Å². The van der Waals surface area contributed by atoms with Gasteiger partial charge in [0, 0.05) is 5.69 Å². The third-order valence-corrected chi connectivity index (χ3v) is 3.69.